The summed E-state index contributed by atoms with van der Waals surface area (Å²) < 4.78 is 10.8. The van der Waals surface area contributed by atoms with Crippen LogP contribution in [0.5, 0.6) is 0 Å². The smallest absolute Gasteiger partial charge is 0.219 e. The highest BCUT2D eigenvalue weighted by Gasteiger charge is 2.20. The van der Waals surface area contributed by atoms with Crippen LogP contribution in [0.15, 0.2) is 27.8 Å². The number of ether oxygens (including phenoxy) is 1. The number of furan rings is 1. The van der Waals surface area contributed by atoms with Crippen LogP contribution in [-0.4, -0.2) is 67.5 Å². The number of halogens is 1. The third-order valence-corrected chi connectivity index (χ3v) is 3.89. The first-order valence-electron chi connectivity index (χ1n) is 8.59. The third-order valence-electron chi connectivity index (χ3n) is 3.89. The summed E-state index contributed by atoms with van der Waals surface area (Å²) in [5.74, 6) is 1.91. The van der Waals surface area contributed by atoms with E-state index in [2.05, 4.69) is 22.1 Å². The summed E-state index contributed by atoms with van der Waals surface area (Å²) in [6, 6.07) is 3.76. The van der Waals surface area contributed by atoms with E-state index in [1.807, 2.05) is 17.0 Å². The van der Waals surface area contributed by atoms with Crippen molar-refractivity contribution >= 4 is 35.8 Å². The van der Waals surface area contributed by atoms with Crippen molar-refractivity contribution < 1.29 is 13.9 Å². The first-order valence-corrected chi connectivity index (χ1v) is 8.59. The first kappa shape index (κ1) is 21.8. The fourth-order valence-electron chi connectivity index (χ4n) is 2.58. The number of hydrogen-bond acceptors (Lipinski definition) is 4. The maximum atomic E-state index is 11.4. The van der Waals surface area contributed by atoms with Gasteiger partial charge in [-0.1, -0.05) is 0 Å². The Labute approximate surface area is 166 Å². The van der Waals surface area contributed by atoms with E-state index in [4.69, 9.17) is 9.15 Å². The number of amides is 1. The largest absolute Gasteiger partial charge is 0.467 e. The molecule has 1 N–H and O–H groups in total. The topological polar surface area (TPSA) is 70.3 Å². The van der Waals surface area contributed by atoms with Gasteiger partial charge in [0.1, 0.15) is 12.4 Å². The van der Waals surface area contributed by atoms with Gasteiger partial charge in [0.25, 0.3) is 0 Å². The lowest BCUT2D eigenvalue weighted by atomic mass is 10.3. The molecule has 2 rings (SSSR count). The van der Waals surface area contributed by atoms with Gasteiger partial charge in [-0.2, -0.15) is 0 Å². The zero-order valence-corrected chi connectivity index (χ0v) is 17.4. The molecule has 25 heavy (non-hydrogen) atoms. The van der Waals surface area contributed by atoms with Crippen molar-refractivity contribution in [2.45, 2.75) is 26.9 Å². The monoisotopic (exact) mass is 464 g/mol. The minimum absolute atomic E-state index is 0. The average molecular weight is 464 g/mol. The quantitative estimate of drug-likeness (QED) is 0.289. The van der Waals surface area contributed by atoms with Gasteiger partial charge in [-0.3, -0.25) is 9.79 Å². The second-order valence-corrected chi connectivity index (χ2v) is 5.71. The van der Waals surface area contributed by atoms with Crippen LogP contribution in [0.4, 0.5) is 0 Å². The van der Waals surface area contributed by atoms with E-state index >= 15 is 0 Å². The maximum Gasteiger partial charge on any atom is 0.219 e. The molecule has 0 atom stereocenters. The Bertz CT molecular complexity index is 514. The molecule has 1 aromatic rings. The van der Waals surface area contributed by atoms with Gasteiger partial charge < -0.3 is 24.3 Å². The molecular weight excluding hydrogens is 435 g/mol. The molecule has 142 valence electrons. The molecular formula is C17H29IN4O3. The number of carbonyl (C=O) groups is 1. The van der Waals surface area contributed by atoms with Crippen LogP contribution < -0.4 is 5.32 Å². The van der Waals surface area contributed by atoms with Gasteiger partial charge in [0.15, 0.2) is 5.96 Å². The highest BCUT2D eigenvalue weighted by molar-refractivity contribution is 14.0. The zero-order chi connectivity index (χ0) is 17.2. The maximum absolute atomic E-state index is 11.4. The molecule has 0 bridgehead atoms. The fourth-order valence-corrected chi connectivity index (χ4v) is 2.58. The van der Waals surface area contributed by atoms with Crippen LogP contribution in [0.1, 0.15) is 26.0 Å². The van der Waals surface area contributed by atoms with E-state index in [1.165, 1.54) is 0 Å². The number of aliphatic imine (C=N–C) groups is 1. The molecule has 1 saturated heterocycles. The van der Waals surface area contributed by atoms with Crippen molar-refractivity contribution in [1.82, 2.24) is 15.1 Å². The van der Waals surface area contributed by atoms with Crippen molar-refractivity contribution in [3.63, 3.8) is 0 Å². The lowest BCUT2D eigenvalue weighted by Gasteiger charge is -2.36. The van der Waals surface area contributed by atoms with Crippen molar-refractivity contribution in [2.24, 2.45) is 4.99 Å². The number of nitrogens with zero attached hydrogens (tertiary/aromatic N) is 3. The van der Waals surface area contributed by atoms with Crippen LogP contribution >= 0.6 is 24.0 Å². The number of rotatable bonds is 7. The summed E-state index contributed by atoms with van der Waals surface area (Å²) in [5, 5.41) is 3.33. The Balaban J connectivity index is 0.00000312. The van der Waals surface area contributed by atoms with Gasteiger partial charge in [0.2, 0.25) is 5.91 Å². The van der Waals surface area contributed by atoms with Crippen molar-refractivity contribution in [3.8, 4) is 0 Å². The SMILES string of the molecule is CCNC(=NCCCOCc1ccco1)N1CCN(C(C)=O)CC1.I. The predicted molar refractivity (Wildman–Crippen MR) is 108 cm³/mol. The molecule has 0 unspecified atom stereocenters. The van der Waals surface area contributed by atoms with E-state index in [0.717, 1.165) is 50.9 Å². The van der Waals surface area contributed by atoms with Crippen LogP contribution in [0, 0.1) is 0 Å². The van der Waals surface area contributed by atoms with Gasteiger partial charge in [0, 0.05) is 52.8 Å². The Kier molecular flexibility index (Phi) is 10.6. The average Bonchev–Trinajstić information content (AvgIpc) is 3.10. The molecule has 0 radical (unpaired) electrons. The Morgan fingerprint density at radius 3 is 2.64 bits per heavy atom. The van der Waals surface area contributed by atoms with E-state index in [1.54, 1.807) is 13.2 Å². The van der Waals surface area contributed by atoms with Crippen LogP contribution in [0.2, 0.25) is 0 Å². The Morgan fingerprint density at radius 1 is 1.32 bits per heavy atom. The highest BCUT2D eigenvalue weighted by Crippen LogP contribution is 2.04. The molecule has 0 aromatic carbocycles. The van der Waals surface area contributed by atoms with Gasteiger partial charge in [-0.15, -0.1) is 24.0 Å². The summed E-state index contributed by atoms with van der Waals surface area (Å²) in [6.07, 6.45) is 2.51. The van der Waals surface area contributed by atoms with Gasteiger partial charge in [-0.25, -0.2) is 0 Å². The molecule has 1 aliphatic heterocycles. The van der Waals surface area contributed by atoms with E-state index in [9.17, 15) is 4.79 Å². The van der Waals surface area contributed by atoms with Crippen molar-refractivity contribution in [3.05, 3.63) is 24.2 Å². The minimum Gasteiger partial charge on any atom is -0.467 e. The summed E-state index contributed by atoms with van der Waals surface area (Å²) in [6.45, 7) is 9.55. The van der Waals surface area contributed by atoms with Crippen molar-refractivity contribution in [1.29, 1.82) is 0 Å². The molecule has 0 saturated carbocycles. The second-order valence-electron chi connectivity index (χ2n) is 5.71. The molecule has 1 aromatic heterocycles. The summed E-state index contributed by atoms with van der Waals surface area (Å²) in [5.41, 5.74) is 0. The van der Waals surface area contributed by atoms with E-state index in [-0.39, 0.29) is 29.9 Å². The fraction of sp³-hybridized carbons (Fsp3) is 0.647. The number of guanidine groups is 1. The molecule has 1 fully saturated rings. The molecule has 1 aliphatic rings. The van der Waals surface area contributed by atoms with Gasteiger partial charge >= 0.3 is 0 Å². The number of hydrogen-bond donors (Lipinski definition) is 1. The van der Waals surface area contributed by atoms with E-state index < -0.39 is 0 Å². The van der Waals surface area contributed by atoms with Crippen LogP contribution in [0.25, 0.3) is 0 Å². The molecule has 2 heterocycles. The zero-order valence-electron chi connectivity index (χ0n) is 15.1. The van der Waals surface area contributed by atoms with Gasteiger partial charge in [0.05, 0.1) is 6.26 Å². The lowest BCUT2D eigenvalue weighted by Crippen LogP contribution is -2.53. The summed E-state index contributed by atoms with van der Waals surface area (Å²) in [7, 11) is 0. The molecule has 1 amide bonds. The predicted octanol–water partition coefficient (Wildman–Crippen LogP) is 1.93. The number of nitrogens with one attached hydrogen (secondary N) is 1. The van der Waals surface area contributed by atoms with E-state index in [0.29, 0.717) is 19.8 Å². The normalized spacial score (nSPS) is 15.0. The summed E-state index contributed by atoms with van der Waals surface area (Å²) >= 11 is 0. The van der Waals surface area contributed by atoms with Crippen molar-refractivity contribution in [2.75, 3.05) is 45.9 Å². The lowest BCUT2D eigenvalue weighted by molar-refractivity contribution is -0.130. The van der Waals surface area contributed by atoms with Crippen LogP contribution in [-0.2, 0) is 16.1 Å². The molecule has 7 nitrogen and oxygen atoms in total. The standard InChI is InChI=1S/C17H28N4O3.HI/c1-3-18-17(21-10-8-20(9-11-21)15(2)22)19-7-5-12-23-14-16-6-4-13-24-16;/h4,6,13H,3,5,7-12,14H2,1-2H3,(H,18,19);1H. The third kappa shape index (κ3) is 7.64. The minimum atomic E-state index is 0. The first-order chi connectivity index (χ1) is 11.7. The number of carbonyl (C=O) groups excluding carboxylic acids is 1. The molecule has 0 aliphatic carbocycles. The van der Waals surface area contributed by atoms with Gasteiger partial charge in [-0.05, 0) is 25.5 Å². The molecule has 0 spiro atoms. The van der Waals surface area contributed by atoms with Crippen LogP contribution in [0.3, 0.4) is 0 Å². The Morgan fingerprint density at radius 2 is 2.04 bits per heavy atom. The molecule has 8 heteroatoms. The Hall–Kier alpha value is -1.29. The highest BCUT2D eigenvalue weighted by atomic mass is 127. The second kappa shape index (κ2) is 12.1. The summed E-state index contributed by atoms with van der Waals surface area (Å²) in [4.78, 5) is 20.2. The number of piperazine rings is 1.